The molecule has 0 bridgehead atoms. The van der Waals surface area contributed by atoms with Gasteiger partial charge in [-0.3, -0.25) is 4.79 Å². The minimum absolute atomic E-state index is 0.0139. The van der Waals surface area contributed by atoms with Gasteiger partial charge in [0.25, 0.3) is 5.91 Å². The van der Waals surface area contributed by atoms with Gasteiger partial charge in [0.05, 0.1) is 6.54 Å². The van der Waals surface area contributed by atoms with Gasteiger partial charge < -0.3 is 13.9 Å². The normalized spacial score (nSPS) is 10.7. The number of furan rings is 1. The molecule has 118 valence electrons. The summed E-state index contributed by atoms with van der Waals surface area (Å²) >= 11 is 0. The van der Waals surface area contributed by atoms with E-state index in [9.17, 15) is 4.79 Å². The van der Waals surface area contributed by atoms with Crippen LogP contribution in [0.3, 0.4) is 0 Å². The molecule has 0 radical (unpaired) electrons. The number of aromatic nitrogens is 1. The van der Waals surface area contributed by atoms with E-state index in [4.69, 9.17) is 4.42 Å². The first-order valence-corrected chi connectivity index (χ1v) is 7.63. The van der Waals surface area contributed by atoms with E-state index in [0.717, 1.165) is 11.5 Å². The second-order valence-corrected chi connectivity index (χ2v) is 5.68. The van der Waals surface area contributed by atoms with Crippen molar-refractivity contribution in [3.63, 3.8) is 0 Å². The van der Waals surface area contributed by atoms with Crippen LogP contribution < -0.4 is 0 Å². The molecule has 4 heteroatoms. The molecule has 2 aromatic heterocycles. The summed E-state index contributed by atoms with van der Waals surface area (Å²) in [6, 6.07) is 17.7. The quantitative estimate of drug-likeness (QED) is 0.720. The number of benzene rings is 1. The first-order valence-electron chi connectivity index (χ1n) is 7.63. The third kappa shape index (κ3) is 3.54. The van der Waals surface area contributed by atoms with Crippen LogP contribution in [0.4, 0.5) is 0 Å². The molecule has 0 unspecified atom stereocenters. The third-order valence-corrected chi connectivity index (χ3v) is 3.78. The molecule has 0 fully saturated rings. The van der Waals surface area contributed by atoms with Crippen LogP contribution in [0.1, 0.15) is 27.6 Å². The molecule has 1 amide bonds. The lowest BCUT2D eigenvalue weighted by Crippen LogP contribution is -2.28. The summed E-state index contributed by atoms with van der Waals surface area (Å²) in [6.45, 7) is 3.04. The zero-order chi connectivity index (χ0) is 16.2. The molecule has 2 heterocycles. The summed E-state index contributed by atoms with van der Waals surface area (Å²) in [5.74, 6) is 1.63. The van der Waals surface area contributed by atoms with Crippen LogP contribution in [0, 0.1) is 6.92 Å². The highest BCUT2D eigenvalue weighted by Gasteiger charge is 2.17. The Morgan fingerprint density at radius 3 is 2.57 bits per heavy atom. The predicted octanol–water partition coefficient (Wildman–Crippen LogP) is 3.71. The maximum atomic E-state index is 12.7. The first-order chi connectivity index (χ1) is 11.1. The van der Waals surface area contributed by atoms with Crippen molar-refractivity contribution in [1.29, 1.82) is 0 Å². The van der Waals surface area contributed by atoms with Gasteiger partial charge >= 0.3 is 0 Å². The van der Waals surface area contributed by atoms with Crippen LogP contribution >= 0.6 is 0 Å². The van der Waals surface area contributed by atoms with Gasteiger partial charge in [-0.1, -0.05) is 30.3 Å². The van der Waals surface area contributed by atoms with E-state index in [2.05, 4.69) is 12.1 Å². The van der Waals surface area contributed by atoms with Crippen LogP contribution in [0.2, 0.25) is 0 Å². The molecule has 0 saturated heterocycles. The predicted molar refractivity (Wildman–Crippen MR) is 89.2 cm³/mol. The van der Waals surface area contributed by atoms with Crippen molar-refractivity contribution in [1.82, 2.24) is 9.47 Å². The van der Waals surface area contributed by atoms with Crippen molar-refractivity contribution < 1.29 is 9.21 Å². The molecule has 0 aliphatic rings. The van der Waals surface area contributed by atoms with Crippen molar-refractivity contribution in [2.24, 2.45) is 0 Å². The molecule has 3 aromatic rings. The molecular formula is C19H20N2O2. The van der Waals surface area contributed by atoms with Crippen LogP contribution in [0.15, 0.2) is 65.2 Å². The number of hydrogen-bond donors (Lipinski definition) is 0. The molecule has 23 heavy (non-hydrogen) atoms. The highest BCUT2D eigenvalue weighted by Crippen LogP contribution is 2.13. The highest BCUT2D eigenvalue weighted by molar-refractivity contribution is 5.92. The summed E-state index contributed by atoms with van der Waals surface area (Å²) in [5, 5.41) is 0. The number of carbonyl (C=O) groups is 1. The second-order valence-electron chi connectivity index (χ2n) is 5.68. The maximum absolute atomic E-state index is 12.7. The Hall–Kier alpha value is -2.75. The molecule has 0 atom stereocenters. The number of aryl methyl sites for hydroxylation is 1. The fourth-order valence-electron chi connectivity index (χ4n) is 2.60. The molecular weight excluding hydrogens is 288 g/mol. The smallest absolute Gasteiger partial charge is 0.270 e. The van der Waals surface area contributed by atoms with Crippen LogP contribution in [0.25, 0.3) is 0 Å². The molecule has 0 N–H and O–H groups in total. The Bertz CT molecular complexity index is 787. The molecule has 4 nitrogen and oxygen atoms in total. The summed E-state index contributed by atoms with van der Waals surface area (Å²) < 4.78 is 7.52. The van der Waals surface area contributed by atoms with Gasteiger partial charge in [-0.15, -0.1) is 0 Å². The number of nitrogens with zero attached hydrogens (tertiary/aromatic N) is 2. The Morgan fingerprint density at radius 2 is 1.87 bits per heavy atom. The largest absolute Gasteiger partial charge is 0.464 e. The number of hydrogen-bond acceptors (Lipinski definition) is 2. The average Bonchev–Trinajstić information content (AvgIpc) is 3.16. The van der Waals surface area contributed by atoms with Crippen molar-refractivity contribution in [3.05, 3.63) is 83.6 Å². The fourth-order valence-corrected chi connectivity index (χ4v) is 2.60. The standard InChI is InChI=1S/C19H20N2O2/c1-15-10-11-17(23-15)14-20(2)19(22)18-9-6-12-21(18)13-16-7-4-3-5-8-16/h3-12H,13-14H2,1-2H3. The van der Waals surface area contributed by atoms with Crippen LogP contribution in [0.5, 0.6) is 0 Å². The van der Waals surface area contributed by atoms with E-state index in [1.807, 2.05) is 60.2 Å². The maximum Gasteiger partial charge on any atom is 0.270 e. The van der Waals surface area contributed by atoms with Gasteiger partial charge in [0.1, 0.15) is 17.2 Å². The Balaban J connectivity index is 1.73. The van der Waals surface area contributed by atoms with Gasteiger partial charge in [-0.05, 0) is 36.8 Å². The summed E-state index contributed by atoms with van der Waals surface area (Å²) in [4.78, 5) is 14.4. The van der Waals surface area contributed by atoms with Crippen molar-refractivity contribution in [2.75, 3.05) is 7.05 Å². The van der Waals surface area contributed by atoms with Crippen molar-refractivity contribution >= 4 is 5.91 Å². The number of amides is 1. The first kappa shape index (κ1) is 15.2. The van der Waals surface area contributed by atoms with Gasteiger partial charge in [-0.2, -0.15) is 0 Å². The second kappa shape index (κ2) is 6.57. The Kier molecular flexibility index (Phi) is 4.33. The van der Waals surface area contributed by atoms with E-state index < -0.39 is 0 Å². The lowest BCUT2D eigenvalue weighted by atomic mass is 10.2. The van der Waals surface area contributed by atoms with E-state index in [-0.39, 0.29) is 5.91 Å². The lowest BCUT2D eigenvalue weighted by molar-refractivity contribution is 0.0764. The lowest BCUT2D eigenvalue weighted by Gasteiger charge is -2.17. The highest BCUT2D eigenvalue weighted by atomic mass is 16.3. The van der Waals surface area contributed by atoms with Crippen molar-refractivity contribution in [3.8, 4) is 0 Å². The fraction of sp³-hybridized carbons (Fsp3) is 0.211. The third-order valence-electron chi connectivity index (χ3n) is 3.78. The Labute approximate surface area is 136 Å². The van der Waals surface area contributed by atoms with E-state index >= 15 is 0 Å². The zero-order valence-corrected chi connectivity index (χ0v) is 13.4. The van der Waals surface area contributed by atoms with Gasteiger partial charge in [0, 0.05) is 19.8 Å². The molecule has 3 rings (SSSR count). The zero-order valence-electron chi connectivity index (χ0n) is 13.4. The molecule has 0 saturated carbocycles. The molecule has 0 aliphatic heterocycles. The SMILES string of the molecule is Cc1ccc(CN(C)C(=O)c2cccn2Cc2ccccc2)o1. The average molecular weight is 308 g/mol. The van der Waals surface area contributed by atoms with E-state index in [0.29, 0.717) is 18.8 Å². The molecule has 0 spiro atoms. The summed E-state index contributed by atoms with van der Waals surface area (Å²) in [5.41, 5.74) is 1.85. The minimum Gasteiger partial charge on any atom is -0.464 e. The van der Waals surface area contributed by atoms with E-state index in [1.165, 1.54) is 5.56 Å². The minimum atomic E-state index is -0.0139. The van der Waals surface area contributed by atoms with Gasteiger partial charge in [-0.25, -0.2) is 0 Å². The molecule has 0 aliphatic carbocycles. The topological polar surface area (TPSA) is 38.4 Å². The summed E-state index contributed by atoms with van der Waals surface area (Å²) in [6.07, 6.45) is 1.94. The van der Waals surface area contributed by atoms with Gasteiger partial charge in [0.15, 0.2) is 0 Å². The molecule has 1 aromatic carbocycles. The van der Waals surface area contributed by atoms with Crippen LogP contribution in [-0.4, -0.2) is 22.4 Å². The van der Waals surface area contributed by atoms with Gasteiger partial charge in [0.2, 0.25) is 0 Å². The number of carbonyl (C=O) groups excluding carboxylic acids is 1. The van der Waals surface area contributed by atoms with Crippen LogP contribution in [-0.2, 0) is 13.1 Å². The van der Waals surface area contributed by atoms with Crippen molar-refractivity contribution in [2.45, 2.75) is 20.0 Å². The number of rotatable bonds is 5. The monoisotopic (exact) mass is 308 g/mol. The summed E-state index contributed by atoms with van der Waals surface area (Å²) in [7, 11) is 1.79. The van der Waals surface area contributed by atoms with E-state index in [1.54, 1.807) is 11.9 Å². The Morgan fingerprint density at radius 1 is 1.09 bits per heavy atom.